The first kappa shape index (κ1) is 21.5. The van der Waals surface area contributed by atoms with Crippen LogP contribution >= 0.6 is 0 Å². The Morgan fingerprint density at radius 3 is 2.67 bits per heavy atom. The Labute approximate surface area is 191 Å². The lowest BCUT2D eigenvalue weighted by Gasteiger charge is -2.30. The number of nitrogens with two attached hydrogens (primary N) is 1. The van der Waals surface area contributed by atoms with Gasteiger partial charge in [0.2, 0.25) is 16.0 Å². The van der Waals surface area contributed by atoms with E-state index in [-0.39, 0.29) is 12.0 Å². The standard InChI is InChI=1S/C22H26N8O2S/c1-3-16-9-20(28-22(23)27-16)19-12-25-21-18(19)8-14(10-24-21)15-11-26-30(13-15)17-4-6-29(7-5-17)33(2,31)32/h8-13,17H,3-7H2,1-2H3,(H,24,25)(H2,23,27,28). The third kappa shape index (κ3) is 4.21. The van der Waals surface area contributed by atoms with Crippen molar-refractivity contribution < 1.29 is 8.42 Å². The second-order valence-electron chi connectivity index (χ2n) is 8.38. The Hall–Kier alpha value is -3.31. The molecule has 0 spiro atoms. The molecule has 33 heavy (non-hydrogen) atoms. The van der Waals surface area contributed by atoms with Gasteiger partial charge in [0, 0.05) is 59.5 Å². The second-order valence-corrected chi connectivity index (χ2v) is 10.4. The number of fused-ring (bicyclic) bond motifs is 1. The van der Waals surface area contributed by atoms with Gasteiger partial charge in [-0.1, -0.05) is 6.92 Å². The number of H-pyrrole nitrogens is 1. The topological polar surface area (TPSA) is 136 Å². The maximum Gasteiger partial charge on any atom is 0.220 e. The number of sulfonamides is 1. The maximum atomic E-state index is 11.8. The third-order valence-electron chi connectivity index (χ3n) is 6.17. The van der Waals surface area contributed by atoms with Crippen LogP contribution in [0.3, 0.4) is 0 Å². The molecule has 0 bridgehead atoms. The molecule has 11 heteroatoms. The van der Waals surface area contributed by atoms with Gasteiger partial charge in [-0.3, -0.25) is 4.68 Å². The fourth-order valence-corrected chi connectivity index (χ4v) is 5.21. The van der Waals surface area contributed by atoms with Gasteiger partial charge in [-0.25, -0.2) is 27.7 Å². The van der Waals surface area contributed by atoms with Crippen LogP contribution in [-0.2, 0) is 16.4 Å². The molecule has 0 amide bonds. The highest BCUT2D eigenvalue weighted by Crippen LogP contribution is 2.31. The van der Waals surface area contributed by atoms with E-state index in [0.29, 0.717) is 13.1 Å². The summed E-state index contributed by atoms with van der Waals surface area (Å²) in [5, 5.41) is 5.51. The molecule has 1 fully saturated rings. The van der Waals surface area contributed by atoms with Gasteiger partial charge in [-0.15, -0.1) is 0 Å². The number of piperidine rings is 1. The van der Waals surface area contributed by atoms with Crippen molar-refractivity contribution in [3.05, 3.63) is 42.6 Å². The van der Waals surface area contributed by atoms with E-state index in [0.717, 1.165) is 58.4 Å². The molecule has 4 aromatic rings. The van der Waals surface area contributed by atoms with E-state index >= 15 is 0 Å². The van der Waals surface area contributed by atoms with Gasteiger partial charge >= 0.3 is 0 Å². The first-order valence-corrected chi connectivity index (χ1v) is 12.8. The largest absolute Gasteiger partial charge is 0.368 e. The van der Waals surface area contributed by atoms with Crippen LogP contribution in [0.25, 0.3) is 33.4 Å². The molecule has 4 aromatic heterocycles. The lowest BCUT2D eigenvalue weighted by Crippen LogP contribution is -2.38. The molecule has 1 aliphatic rings. The molecule has 172 valence electrons. The number of pyridine rings is 1. The van der Waals surface area contributed by atoms with Crippen molar-refractivity contribution in [3.63, 3.8) is 0 Å². The number of nitrogen functional groups attached to an aromatic ring is 1. The Bertz CT molecular complexity index is 1420. The molecule has 3 N–H and O–H groups in total. The number of anilines is 1. The van der Waals surface area contributed by atoms with Crippen LogP contribution in [0.15, 0.2) is 36.9 Å². The van der Waals surface area contributed by atoms with E-state index in [1.165, 1.54) is 10.6 Å². The Balaban J connectivity index is 1.43. The smallest absolute Gasteiger partial charge is 0.220 e. The van der Waals surface area contributed by atoms with Gasteiger partial charge in [-0.2, -0.15) is 5.10 Å². The summed E-state index contributed by atoms with van der Waals surface area (Å²) in [6, 6.07) is 4.20. The summed E-state index contributed by atoms with van der Waals surface area (Å²) in [7, 11) is -3.14. The molecule has 0 aliphatic carbocycles. The lowest BCUT2D eigenvalue weighted by atomic mass is 10.1. The number of aryl methyl sites for hydroxylation is 1. The summed E-state index contributed by atoms with van der Waals surface area (Å²) in [5.41, 5.74) is 11.2. The molecule has 0 saturated carbocycles. The lowest BCUT2D eigenvalue weighted by molar-refractivity contribution is 0.262. The van der Waals surface area contributed by atoms with Gasteiger partial charge in [0.15, 0.2) is 0 Å². The van der Waals surface area contributed by atoms with Crippen molar-refractivity contribution in [2.24, 2.45) is 0 Å². The normalized spacial score (nSPS) is 15.9. The monoisotopic (exact) mass is 466 g/mol. The molecule has 0 aromatic carbocycles. The van der Waals surface area contributed by atoms with Crippen LogP contribution in [-0.4, -0.2) is 61.8 Å². The third-order valence-corrected chi connectivity index (χ3v) is 7.47. The summed E-state index contributed by atoms with van der Waals surface area (Å²) in [5.74, 6) is 0.256. The summed E-state index contributed by atoms with van der Waals surface area (Å²) < 4.78 is 27.0. The van der Waals surface area contributed by atoms with Crippen LogP contribution in [0, 0.1) is 0 Å². The zero-order chi connectivity index (χ0) is 23.2. The van der Waals surface area contributed by atoms with Gasteiger partial charge in [0.25, 0.3) is 0 Å². The molecule has 5 rings (SSSR count). The maximum absolute atomic E-state index is 11.8. The minimum atomic E-state index is -3.14. The molecule has 1 saturated heterocycles. The summed E-state index contributed by atoms with van der Waals surface area (Å²) in [6.07, 6.45) is 11.1. The van der Waals surface area contributed by atoms with Crippen LogP contribution in [0.2, 0.25) is 0 Å². The van der Waals surface area contributed by atoms with Gasteiger partial charge in [0.05, 0.1) is 24.2 Å². The highest BCUT2D eigenvalue weighted by atomic mass is 32.2. The number of hydrogen-bond acceptors (Lipinski definition) is 7. The summed E-state index contributed by atoms with van der Waals surface area (Å²) in [6.45, 7) is 3.06. The number of aromatic nitrogens is 6. The first-order valence-electron chi connectivity index (χ1n) is 10.9. The van der Waals surface area contributed by atoms with Crippen LogP contribution in [0.1, 0.15) is 31.5 Å². The average Bonchev–Trinajstić information content (AvgIpc) is 3.45. The molecule has 5 heterocycles. The van der Waals surface area contributed by atoms with E-state index in [9.17, 15) is 8.42 Å². The number of hydrogen-bond donors (Lipinski definition) is 2. The minimum Gasteiger partial charge on any atom is -0.368 e. The Kier molecular flexibility index (Phi) is 5.37. The van der Waals surface area contributed by atoms with E-state index < -0.39 is 10.0 Å². The molecular formula is C22H26N8O2S. The predicted molar refractivity (Wildman–Crippen MR) is 127 cm³/mol. The molecule has 0 unspecified atom stereocenters. The number of nitrogens with one attached hydrogen (secondary N) is 1. The zero-order valence-corrected chi connectivity index (χ0v) is 19.4. The summed E-state index contributed by atoms with van der Waals surface area (Å²) >= 11 is 0. The van der Waals surface area contributed by atoms with Crippen LogP contribution < -0.4 is 5.73 Å². The fraction of sp³-hybridized carbons (Fsp3) is 0.364. The van der Waals surface area contributed by atoms with Crippen molar-refractivity contribution >= 4 is 27.0 Å². The highest BCUT2D eigenvalue weighted by Gasteiger charge is 2.26. The number of rotatable bonds is 5. The predicted octanol–water partition coefficient (Wildman–Crippen LogP) is 2.62. The van der Waals surface area contributed by atoms with Crippen LogP contribution in [0.4, 0.5) is 5.95 Å². The Morgan fingerprint density at radius 2 is 1.94 bits per heavy atom. The van der Waals surface area contributed by atoms with Crippen LogP contribution in [0.5, 0.6) is 0 Å². The van der Waals surface area contributed by atoms with Crippen molar-refractivity contribution in [2.45, 2.75) is 32.2 Å². The molecular weight excluding hydrogens is 440 g/mol. The quantitative estimate of drug-likeness (QED) is 0.461. The number of aromatic amines is 1. The number of nitrogens with zero attached hydrogens (tertiary/aromatic N) is 6. The first-order chi connectivity index (χ1) is 15.8. The van der Waals surface area contributed by atoms with Crippen molar-refractivity contribution in [3.8, 4) is 22.4 Å². The van der Waals surface area contributed by atoms with Crippen molar-refractivity contribution in [2.75, 3.05) is 25.1 Å². The summed E-state index contributed by atoms with van der Waals surface area (Å²) in [4.78, 5) is 16.5. The second kappa shape index (κ2) is 8.23. The van der Waals surface area contributed by atoms with E-state index in [1.807, 2.05) is 42.5 Å². The molecule has 0 radical (unpaired) electrons. The van der Waals surface area contributed by atoms with Crippen molar-refractivity contribution in [1.29, 1.82) is 0 Å². The van der Waals surface area contributed by atoms with Crippen molar-refractivity contribution in [1.82, 2.24) is 34.0 Å². The minimum absolute atomic E-state index is 0.174. The van der Waals surface area contributed by atoms with Gasteiger partial charge < -0.3 is 10.7 Å². The SMILES string of the molecule is CCc1cc(-c2c[nH]c3ncc(-c4cnn(C5CCN(S(C)(=O)=O)CC5)c4)cc23)nc(N)n1. The van der Waals surface area contributed by atoms with E-state index in [2.05, 4.69) is 31.1 Å². The Morgan fingerprint density at radius 1 is 1.15 bits per heavy atom. The van der Waals surface area contributed by atoms with Gasteiger partial charge in [0.1, 0.15) is 5.65 Å². The van der Waals surface area contributed by atoms with Gasteiger partial charge in [-0.05, 0) is 31.4 Å². The molecule has 0 atom stereocenters. The highest BCUT2D eigenvalue weighted by molar-refractivity contribution is 7.88. The fourth-order valence-electron chi connectivity index (χ4n) is 4.34. The molecule has 10 nitrogen and oxygen atoms in total. The zero-order valence-electron chi connectivity index (χ0n) is 18.6. The van der Waals surface area contributed by atoms with E-state index in [1.54, 1.807) is 0 Å². The molecule has 1 aliphatic heterocycles. The average molecular weight is 467 g/mol. The van der Waals surface area contributed by atoms with E-state index in [4.69, 9.17) is 5.73 Å².